The van der Waals surface area contributed by atoms with Crippen molar-refractivity contribution < 1.29 is 4.79 Å². The minimum atomic E-state index is -0.408. The predicted octanol–water partition coefficient (Wildman–Crippen LogP) is 3.70. The van der Waals surface area contributed by atoms with E-state index in [0.29, 0.717) is 0 Å². The third-order valence-electron chi connectivity index (χ3n) is 3.15. The van der Waals surface area contributed by atoms with Gasteiger partial charge in [-0.3, -0.25) is 4.79 Å². The molecular weight excluding hydrogens is 280 g/mol. The number of hydrogen-bond acceptors (Lipinski definition) is 3. The van der Waals surface area contributed by atoms with Crippen molar-refractivity contribution in [3.05, 3.63) is 52.0 Å². The molecule has 0 fully saturated rings. The van der Waals surface area contributed by atoms with E-state index < -0.39 is 5.41 Å². The van der Waals surface area contributed by atoms with Crippen molar-refractivity contribution >= 4 is 17.2 Å². The molecule has 0 aliphatic heterocycles. The second-order valence-corrected chi connectivity index (χ2v) is 7.11. The zero-order valence-corrected chi connectivity index (χ0v) is 13.8. The van der Waals surface area contributed by atoms with E-state index in [9.17, 15) is 4.79 Å². The quantitative estimate of drug-likeness (QED) is 0.935. The Morgan fingerprint density at radius 3 is 2.57 bits per heavy atom. The summed E-state index contributed by atoms with van der Waals surface area (Å²) in [5.41, 5.74) is 1.75. The molecule has 0 bridgehead atoms. The van der Waals surface area contributed by atoms with E-state index in [0.717, 1.165) is 17.1 Å². The molecule has 0 aliphatic rings. The Hall–Kier alpha value is -1.68. The molecule has 1 heterocycles. The number of rotatable bonds is 4. The molecule has 1 amide bonds. The second-order valence-electron chi connectivity index (χ2n) is 6.22. The molecule has 1 atom stereocenters. The van der Waals surface area contributed by atoms with E-state index in [4.69, 9.17) is 0 Å². The highest BCUT2D eigenvalue weighted by atomic mass is 32.1. The molecular formula is C17H21N2OS. The van der Waals surface area contributed by atoms with Gasteiger partial charge in [0, 0.05) is 16.5 Å². The molecule has 1 aromatic heterocycles. The lowest BCUT2D eigenvalue weighted by atomic mass is 9.94. The molecule has 1 aromatic carbocycles. The van der Waals surface area contributed by atoms with Gasteiger partial charge in [0.1, 0.15) is 5.01 Å². The lowest BCUT2D eigenvalue weighted by molar-refractivity contribution is -0.129. The average Bonchev–Trinajstić information content (AvgIpc) is 2.84. The first-order valence-electron chi connectivity index (χ1n) is 7.04. The second kappa shape index (κ2) is 6.39. The molecule has 0 spiro atoms. The third-order valence-corrected chi connectivity index (χ3v) is 4.22. The summed E-state index contributed by atoms with van der Waals surface area (Å²) >= 11 is 1.60. The van der Waals surface area contributed by atoms with E-state index in [1.54, 1.807) is 11.3 Å². The fraction of sp³-hybridized carbons (Fsp3) is 0.412. The van der Waals surface area contributed by atoms with E-state index in [1.165, 1.54) is 5.56 Å². The van der Waals surface area contributed by atoms with Crippen LogP contribution < -0.4 is 5.32 Å². The van der Waals surface area contributed by atoms with Gasteiger partial charge in [0.15, 0.2) is 0 Å². The van der Waals surface area contributed by atoms with Crippen molar-refractivity contribution in [2.75, 3.05) is 0 Å². The van der Waals surface area contributed by atoms with E-state index in [2.05, 4.69) is 16.4 Å². The van der Waals surface area contributed by atoms with Crippen LogP contribution in [0.3, 0.4) is 0 Å². The van der Waals surface area contributed by atoms with Crippen LogP contribution in [0, 0.1) is 18.4 Å². The van der Waals surface area contributed by atoms with Crippen molar-refractivity contribution in [2.24, 2.45) is 5.41 Å². The molecule has 4 heteroatoms. The van der Waals surface area contributed by atoms with Gasteiger partial charge in [0.2, 0.25) is 5.91 Å². The summed E-state index contributed by atoms with van der Waals surface area (Å²) in [6, 6.07) is 10.8. The summed E-state index contributed by atoms with van der Waals surface area (Å²) in [4.78, 5) is 16.8. The van der Waals surface area contributed by atoms with Crippen molar-refractivity contribution in [2.45, 2.75) is 40.2 Å². The summed E-state index contributed by atoms with van der Waals surface area (Å²) in [5.74, 6) is 0.0443. The van der Waals surface area contributed by atoms with Gasteiger partial charge in [-0.15, -0.1) is 11.3 Å². The minimum absolute atomic E-state index is 0.0443. The van der Waals surface area contributed by atoms with Gasteiger partial charge in [0.05, 0.1) is 6.04 Å². The van der Waals surface area contributed by atoms with E-state index >= 15 is 0 Å². The summed E-state index contributed by atoms with van der Waals surface area (Å²) in [6.45, 7) is 7.73. The van der Waals surface area contributed by atoms with Crippen LogP contribution in [-0.4, -0.2) is 10.9 Å². The van der Waals surface area contributed by atoms with Crippen molar-refractivity contribution in [3.63, 3.8) is 0 Å². The van der Waals surface area contributed by atoms with Gasteiger partial charge in [-0.05, 0) is 25.0 Å². The molecule has 2 rings (SSSR count). The largest absolute Gasteiger partial charge is 0.346 e. The maximum Gasteiger partial charge on any atom is 0.225 e. The molecule has 1 N–H and O–H groups in total. The number of thiazole rings is 1. The Morgan fingerprint density at radius 2 is 2.05 bits per heavy atom. The first-order chi connectivity index (χ1) is 9.86. The van der Waals surface area contributed by atoms with Gasteiger partial charge in [-0.1, -0.05) is 45.0 Å². The van der Waals surface area contributed by atoms with Crippen LogP contribution in [0.5, 0.6) is 0 Å². The Morgan fingerprint density at radius 1 is 1.38 bits per heavy atom. The van der Waals surface area contributed by atoms with Crippen LogP contribution in [-0.2, 0) is 11.2 Å². The molecule has 21 heavy (non-hydrogen) atoms. The van der Waals surface area contributed by atoms with Crippen LogP contribution in [0.1, 0.15) is 43.1 Å². The van der Waals surface area contributed by atoms with Gasteiger partial charge in [-0.25, -0.2) is 4.98 Å². The van der Waals surface area contributed by atoms with Crippen LogP contribution in [0.25, 0.3) is 0 Å². The number of nitrogens with zero attached hydrogens (tertiary/aromatic N) is 1. The number of carbonyl (C=O) groups is 1. The highest BCUT2D eigenvalue weighted by molar-refractivity contribution is 7.09. The molecule has 2 aromatic rings. The summed E-state index contributed by atoms with van der Waals surface area (Å²) < 4.78 is 0. The van der Waals surface area contributed by atoms with Gasteiger partial charge >= 0.3 is 0 Å². The molecule has 0 aliphatic carbocycles. The standard InChI is InChI=1S/C17H21N2OS/c1-12-11-21-15(18-12)14(19-16(20)17(2,3)4)10-13-8-6-5-7-9-13/h6-9,11,14H,10H2,1-4H3,(H,19,20)/t14-/m0/s1. The monoisotopic (exact) mass is 301 g/mol. The zero-order valence-electron chi connectivity index (χ0n) is 12.9. The number of benzene rings is 1. The molecule has 0 saturated heterocycles. The Balaban J connectivity index is 2.21. The van der Waals surface area contributed by atoms with E-state index in [1.807, 2.05) is 57.3 Å². The van der Waals surface area contributed by atoms with Gasteiger partial charge in [-0.2, -0.15) is 0 Å². The lowest BCUT2D eigenvalue weighted by Crippen LogP contribution is -2.38. The van der Waals surface area contributed by atoms with Gasteiger partial charge < -0.3 is 5.32 Å². The Kier molecular flexibility index (Phi) is 4.78. The number of amides is 1. The van der Waals surface area contributed by atoms with Crippen molar-refractivity contribution in [1.82, 2.24) is 10.3 Å². The molecule has 111 valence electrons. The van der Waals surface area contributed by atoms with Crippen LogP contribution in [0.15, 0.2) is 29.6 Å². The van der Waals surface area contributed by atoms with Crippen LogP contribution >= 0.6 is 11.3 Å². The maximum absolute atomic E-state index is 12.3. The highest BCUT2D eigenvalue weighted by Crippen LogP contribution is 2.24. The predicted molar refractivity (Wildman–Crippen MR) is 86.2 cm³/mol. The molecule has 1 radical (unpaired) electrons. The third kappa shape index (κ3) is 4.39. The highest BCUT2D eigenvalue weighted by Gasteiger charge is 2.26. The topological polar surface area (TPSA) is 42.0 Å². The number of nitrogens with one attached hydrogen (secondary N) is 1. The SMILES string of the molecule is Cc1csc([C@H](Cc2cc[c]cc2)NC(=O)C(C)(C)C)n1. The fourth-order valence-electron chi connectivity index (χ4n) is 1.90. The van der Waals surface area contributed by atoms with Crippen LogP contribution in [0.4, 0.5) is 0 Å². The fourth-order valence-corrected chi connectivity index (χ4v) is 2.75. The minimum Gasteiger partial charge on any atom is -0.346 e. The van der Waals surface area contributed by atoms with Gasteiger partial charge in [0.25, 0.3) is 0 Å². The number of carbonyl (C=O) groups excluding carboxylic acids is 1. The van der Waals surface area contributed by atoms with Crippen molar-refractivity contribution in [3.8, 4) is 0 Å². The zero-order chi connectivity index (χ0) is 15.5. The normalized spacial score (nSPS) is 13.0. The van der Waals surface area contributed by atoms with E-state index in [-0.39, 0.29) is 11.9 Å². The summed E-state index contributed by atoms with van der Waals surface area (Å²) in [5, 5.41) is 6.11. The Bertz CT molecular complexity index is 599. The summed E-state index contributed by atoms with van der Waals surface area (Å²) in [6.07, 6.45) is 0.740. The molecule has 0 unspecified atom stereocenters. The number of aryl methyl sites for hydroxylation is 1. The van der Waals surface area contributed by atoms with Crippen LogP contribution in [0.2, 0.25) is 0 Å². The molecule has 0 saturated carbocycles. The molecule has 3 nitrogen and oxygen atoms in total. The number of aromatic nitrogens is 1. The van der Waals surface area contributed by atoms with Crippen molar-refractivity contribution in [1.29, 1.82) is 0 Å². The number of hydrogen-bond donors (Lipinski definition) is 1. The lowest BCUT2D eigenvalue weighted by Gasteiger charge is -2.23. The Labute approximate surface area is 130 Å². The maximum atomic E-state index is 12.3. The summed E-state index contributed by atoms with van der Waals surface area (Å²) in [7, 11) is 0. The first kappa shape index (κ1) is 15.7. The smallest absolute Gasteiger partial charge is 0.225 e. The average molecular weight is 301 g/mol. The first-order valence-corrected chi connectivity index (χ1v) is 7.92.